The molecule has 0 aromatic carbocycles. The highest BCUT2D eigenvalue weighted by atomic mass is 16.5. The SMILES string of the molecule is c1cn(C[C@H]2CO[C@@]3(COCCN(Cc4ccoc4)C3)C2)cn1. The van der Waals surface area contributed by atoms with Gasteiger partial charge in [0.15, 0.2) is 0 Å². The quantitative estimate of drug-likeness (QED) is 0.860. The van der Waals surface area contributed by atoms with E-state index in [1.165, 1.54) is 5.56 Å². The van der Waals surface area contributed by atoms with Gasteiger partial charge in [-0.25, -0.2) is 4.98 Å². The lowest BCUT2D eigenvalue weighted by Crippen LogP contribution is -2.43. The van der Waals surface area contributed by atoms with E-state index >= 15 is 0 Å². The third-order valence-corrected chi connectivity index (χ3v) is 4.73. The molecule has 2 saturated heterocycles. The summed E-state index contributed by atoms with van der Waals surface area (Å²) >= 11 is 0. The van der Waals surface area contributed by atoms with Gasteiger partial charge in [0.1, 0.15) is 5.60 Å². The molecular formula is C17H23N3O3. The van der Waals surface area contributed by atoms with Crippen LogP contribution >= 0.6 is 0 Å². The number of imidazole rings is 1. The zero-order valence-corrected chi connectivity index (χ0v) is 13.3. The van der Waals surface area contributed by atoms with E-state index in [1.54, 1.807) is 6.26 Å². The van der Waals surface area contributed by atoms with Gasteiger partial charge in [-0.2, -0.15) is 0 Å². The van der Waals surface area contributed by atoms with Crippen molar-refractivity contribution in [2.45, 2.75) is 25.1 Å². The van der Waals surface area contributed by atoms with Crippen LogP contribution in [0.1, 0.15) is 12.0 Å². The predicted octanol–water partition coefficient (Wildman–Crippen LogP) is 1.78. The first kappa shape index (κ1) is 14.9. The number of aromatic nitrogens is 2. The molecule has 1 spiro atoms. The summed E-state index contributed by atoms with van der Waals surface area (Å²) in [5.74, 6) is 0.515. The Hall–Kier alpha value is -1.63. The largest absolute Gasteiger partial charge is 0.472 e. The summed E-state index contributed by atoms with van der Waals surface area (Å²) in [6.07, 6.45) is 10.3. The lowest BCUT2D eigenvalue weighted by atomic mass is 9.94. The Morgan fingerprint density at radius 2 is 2.39 bits per heavy atom. The van der Waals surface area contributed by atoms with Gasteiger partial charge in [0.2, 0.25) is 0 Å². The Morgan fingerprint density at radius 3 is 3.22 bits per heavy atom. The molecule has 0 saturated carbocycles. The van der Waals surface area contributed by atoms with E-state index in [4.69, 9.17) is 13.9 Å². The second-order valence-corrected chi connectivity index (χ2v) is 6.72. The third kappa shape index (κ3) is 3.49. The molecule has 2 aliphatic rings. The maximum atomic E-state index is 6.25. The van der Waals surface area contributed by atoms with E-state index in [-0.39, 0.29) is 5.60 Å². The van der Waals surface area contributed by atoms with E-state index < -0.39 is 0 Å². The summed E-state index contributed by atoms with van der Waals surface area (Å²) in [6.45, 7) is 5.94. The fourth-order valence-corrected chi connectivity index (χ4v) is 3.72. The highest BCUT2D eigenvalue weighted by Gasteiger charge is 2.43. The number of hydrogen-bond acceptors (Lipinski definition) is 5. The summed E-state index contributed by atoms with van der Waals surface area (Å²) in [6, 6.07) is 2.02. The molecule has 6 nitrogen and oxygen atoms in total. The first-order valence-electron chi connectivity index (χ1n) is 8.22. The van der Waals surface area contributed by atoms with Gasteiger partial charge < -0.3 is 18.5 Å². The molecule has 2 fully saturated rings. The molecule has 0 aliphatic carbocycles. The predicted molar refractivity (Wildman–Crippen MR) is 83.8 cm³/mol. The lowest BCUT2D eigenvalue weighted by molar-refractivity contribution is -0.0563. The molecule has 4 heterocycles. The average Bonchev–Trinajstić information content (AvgIpc) is 3.25. The molecule has 2 aromatic rings. The average molecular weight is 317 g/mol. The molecule has 0 bridgehead atoms. The van der Waals surface area contributed by atoms with Crippen LogP contribution in [0.15, 0.2) is 41.7 Å². The van der Waals surface area contributed by atoms with Gasteiger partial charge in [-0.1, -0.05) is 0 Å². The molecule has 0 N–H and O–H groups in total. The minimum atomic E-state index is -0.175. The summed E-state index contributed by atoms with van der Waals surface area (Å²) in [5, 5.41) is 0. The molecular weight excluding hydrogens is 294 g/mol. The van der Waals surface area contributed by atoms with Gasteiger partial charge >= 0.3 is 0 Å². The van der Waals surface area contributed by atoms with Crippen LogP contribution in [-0.4, -0.2) is 53.0 Å². The first-order chi connectivity index (χ1) is 11.3. The molecule has 0 radical (unpaired) electrons. The van der Waals surface area contributed by atoms with Crippen LogP contribution in [0.2, 0.25) is 0 Å². The van der Waals surface area contributed by atoms with Crippen molar-refractivity contribution in [3.05, 3.63) is 42.9 Å². The lowest BCUT2D eigenvalue weighted by Gasteiger charge is -2.31. The minimum Gasteiger partial charge on any atom is -0.472 e. The number of rotatable bonds is 4. The van der Waals surface area contributed by atoms with E-state index in [0.29, 0.717) is 12.5 Å². The molecule has 4 rings (SSSR count). The second kappa shape index (κ2) is 6.47. The Labute approximate surface area is 136 Å². The fraction of sp³-hybridized carbons (Fsp3) is 0.588. The van der Waals surface area contributed by atoms with Gasteiger partial charge in [-0.05, 0) is 12.5 Å². The molecule has 2 atom stereocenters. The highest BCUT2D eigenvalue weighted by Crippen LogP contribution is 2.34. The van der Waals surface area contributed by atoms with Gasteiger partial charge in [0.05, 0.1) is 38.7 Å². The highest BCUT2D eigenvalue weighted by molar-refractivity contribution is 5.06. The van der Waals surface area contributed by atoms with E-state index in [2.05, 4.69) is 14.5 Å². The van der Waals surface area contributed by atoms with Gasteiger partial charge in [-0.3, -0.25) is 4.90 Å². The van der Waals surface area contributed by atoms with Gasteiger partial charge in [0, 0.05) is 50.1 Å². The number of ether oxygens (including phenoxy) is 2. The third-order valence-electron chi connectivity index (χ3n) is 4.73. The van der Waals surface area contributed by atoms with Crippen molar-refractivity contribution in [3.63, 3.8) is 0 Å². The number of nitrogens with zero attached hydrogens (tertiary/aromatic N) is 3. The summed E-state index contributed by atoms with van der Waals surface area (Å²) in [4.78, 5) is 6.53. The van der Waals surface area contributed by atoms with Crippen molar-refractivity contribution >= 4 is 0 Å². The normalized spacial score (nSPS) is 29.1. The zero-order chi connectivity index (χ0) is 15.5. The topological polar surface area (TPSA) is 52.7 Å². The molecule has 124 valence electrons. The van der Waals surface area contributed by atoms with Crippen LogP contribution in [0.3, 0.4) is 0 Å². The van der Waals surface area contributed by atoms with Crippen LogP contribution in [0.5, 0.6) is 0 Å². The second-order valence-electron chi connectivity index (χ2n) is 6.72. The van der Waals surface area contributed by atoms with Gasteiger partial charge in [-0.15, -0.1) is 0 Å². The van der Waals surface area contributed by atoms with Gasteiger partial charge in [0.25, 0.3) is 0 Å². The van der Waals surface area contributed by atoms with E-state index in [1.807, 2.05) is 31.1 Å². The van der Waals surface area contributed by atoms with Crippen molar-refractivity contribution in [2.24, 2.45) is 5.92 Å². The Kier molecular flexibility index (Phi) is 4.20. The summed E-state index contributed by atoms with van der Waals surface area (Å²) in [7, 11) is 0. The standard InChI is InChI=1S/C17H23N3O3/c1-5-21-10-15(1)8-19-4-6-22-13-17(12-19)7-16(11-23-17)9-20-3-2-18-14-20/h1-3,5,10,14,16H,4,6-9,11-13H2/t16-,17-/m0/s1. The molecule has 0 amide bonds. The minimum absolute atomic E-state index is 0.175. The smallest absolute Gasteiger partial charge is 0.104 e. The molecule has 0 unspecified atom stereocenters. The maximum absolute atomic E-state index is 6.25. The van der Waals surface area contributed by atoms with Crippen molar-refractivity contribution in [1.29, 1.82) is 0 Å². The summed E-state index contributed by atoms with van der Waals surface area (Å²) < 4.78 is 19.4. The monoisotopic (exact) mass is 317 g/mol. The molecule has 23 heavy (non-hydrogen) atoms. The molecule has 2 aromatic heterocycles. The summed E-state index contributed by atoms with van der Waals surface area (Å²) in [5.41, 5.74) is 1.03. The van der Waals surface area contributed by atoms with Crippen molar-refractivity contribution < 1.29 is 13.9 Å². The van der Waals surface area contributed by atoms with Crippen LogP contribution in [-0.2, 0) is 22.6 Å². The maximum Gasteiger partial charge on any atom is 0.104 e. The Morgan fingerprint density at radius 1 is 1.39 bits per heavy atom. The van der Waals surface area contributed by atoms with Crippen LogP contribution in [0, 0.1) is 5.92 Å². The van der Waals surface area contributed by atoms with Crippen molar-refractivity contribution in [2.75, 3.05) is 32.9 Å². The Bertz CT molecular complexity index is 599. The van der Waals surface area contributed by atoms with Crippen LogP contribution in [0.4, 0.5) is 0 Å². The number of hydrogen-bond donors (Lipinski definition) is 0. The first-order valence-corrected chi connectivity index (χ1v) is 8.22. The zero-order valence-electron chi connectivity index (χ0n) is 13.3. The molecule has 6 heteroatoms. The van der Waals surface area contributed by atoms with Crippen molar-refractivity contribution in [1.82, 2.24) is 14.5 Å². The fourth-order valence-electron chi connectivity index (χ4n) is 3.72. The van der Waals surface area contributed by atoms with Crippen LogP contribution < -0.4 is 0 Å². The molecule has 2 aliphatic heterocycles. The van der Waals surface area contributed by atoms with E-state index in [9.17, 15) is 0 Å². The van der Waals surface area contributed by atoms with E-state index in [0.717, 1.165) is 45.8 Å². The Balaban J connectivity index is 1.40. The van der Waals surface area contributed by atoms with Crippen LogP contribution in [0.25, 0.3) is 0 Å². The van der Waals surface area contributed by atoms with Crippen molar-refractivity contribution in [3.8, 4) is 0 Å². The number of furan rings is 1.